The van der Waals surface area contributed by atoms with Crippen molar-refractivity contribution in [2.75, 3.05) is 0 Å². The van der Waals surface area contributed by atoms with E-state index in [0.29, 0.717) is 11.8 Å². The highest BCUT2D eigenvalue weighted by Crippen LogP contribution is 2.20. The van der Waals surface area contributed by atoms with Gasteiger partial charge in [0.05, 0.1) is 5.52 Å². The fraction of sp³-hybridized carbons (Fsp3) is 0.250. The Morgan fingerprint density at radius 3 is 2.08 bits per heavy atom. The first-order chi connectivity index (χ1) is 12.5. The first-order valence-electron chi connectivity index (χ1n) is 9.23. The van der Waals surface area contributed by atoms with E-state index in [0.717, 1.165) is 5.52 Å². The van der Waals surface area contributed by atoms with Crippen molar-refractivity contribution in [2.45, 2.75) is 39.5 Å². The molecule has 2 nitrogen and oxygen atoms in total. The molecule has 0 aliphatic carbocycles. The molecule has 26 heavy (non-hydrogen) atoms. The van der Waals surface area contributed by atoms with E-state index in [1.54, 1.807) is 0 Å². The van der Waals surface area contributed by atoms with Crippen LogP contribution in [-0.2, 0) is 0 Å². The lowest BCUT2D eigenvalue weighted by Gasteiger charge is -2.05. The Hall–Kier alpha value is -2.74. The smallest absolute Gasteiger partial charge is 0.0702 e. The van der Waals surface area contributed by atoms with Crippen LogP contribution in [0.25, 0.3) is 21.7 Å². The zero-order chi connectivity index (χ0) is 18.5. The molecule has 0 atom stereocenters. The van der Waals surface area contributed by atoms with Gasteiger partial charge in [-0.3, -0.25) is 9.97 Å². The molecule has 0 aliphatic rings. The summed E-state index contributed by atoms with van der Waals surface area (Å²) in [7, 11) is 0. The number of benzene rings is 2. The zero-order valence-corrected chi connectivity index (χ0v) is 16.0. The summed E-state index contributed by atoms with van der Waals surface area (Å²) in [5.74, 6) is 1.18. The van der Waals surface area contributed by atoms with E-state index >= 15 is 0 Å². The Kier molecular flexibility index (Phi) is 5.62. The first-order valence-corrected chi connectivity index (χ1v) is 9.23. The fourth-order valence-corrected chi connectivity index (χ4v) is 2.91. The molecule has 0 fully saturated rings. The van der Waals surface area contributed by atoms with Crippen molar-refractivity contribution in [1.82, 2.24) is 9.97 Å². The van der Waals surface area contributed by atoms with Gasteiger partial charge in [-0.05, 0) is 52.6 Å². The van der Waals surface area contributed by atoms with Crippen molar-refractivity contribution in [3.63, 3.8) is 0 Å². The third kappa shape index (κ3) is 4.26. The molecule has 2 heterocycles. The number of rotatable bonds is 2. The van der Waals surface area contributed by atoms with Crippen LogP contribution in [0.4, 0.5) is 0 Å². The number of aromatic nitrogens is 2. The summed E-state index contributed by atoms with van der Waals surface area (Å²) in [5, 5.41) is 3.72. The van der Waals surface area contributed by atoms with Gasteiger partial charge in [-0.15, -0.1) is 0 Å². The molecule has 0 amide bonds. The number of hydrogen-bond donors (Lipinski definition) is 0. The number of hydrogen-bond acceptors (Lipinski definition) is 2. The van der Waals surface area contributed by atoms with E-state index in [9.17, 15) is 0 Å². The summed E-state index contributed by atoms with van der Waals surface area (Å²) in [6, 6.07) is 19.1. The van der Waals surface area contributed by atoms with Crippen molar-refractivity contribution >= 4 is 21.7 Å². The highest BCUT2D eigenvalue weighted by Gasteiger charge is 2.00. The van der Waals surface area contributed by atoms with Crippen molar-refractivity contribution in [3.8, 4) is 0 Å². The van der Waals surface area contributed by atoms with Crippen LogP contribution in [0, 0.1) is 0 Å². The maximum absolute atomic E-state index is 4.28. The van der Waals surface area contributed by atoms with E-state index in [1.165, 1.54) is 27.3 Å². The topological polar surface area (TPSA) is 25.8 Å². The average molecular weight is 342 g/mol. The second-order valence-corrected chi connectivity index (χ2v) is 7.25. The van der Waals surface area contributed by atoms with Gasteiger partial charge in [-0.2, -0.15) is 0 Å². The average Bonchev–Trinajstić information content (AvgIpc) is 2.67. The van der Waals surface area contributed by atoms with Crippen LogP contribution >= 0.6 is 0 Å². The van der Waals surface area contributed by atoms with Gasteiger partial charge < -0.3 is 0 Å². The monoisotopic (exact) mass is 342 g/mol. The maximum Gasteiger partial charge on any atom is 0.0702 e. The van der Waals surface area contributed by atoms with Gasteiger partial charge >= 0.3 is 0 Å². The number of nitrogens with zero attached hydrogens (tertiary/aromatic N) is 2. The van der Waals surface area contributed by atoms with Gasteiger partial charge in [0, 0.05) is 29.4 Å². The molecule has 0 N–H and O–H groups in total. The second-order valence-electron chi connectivity index (χ2n) is 7.25. The minimum Gasteiger partial charge on any atom is -0.264 e. The Bertz CT molecular complexity index is 920. The third-order valence-electron chi connectivity index (χ3n) is 4.63. The molecule has 0 saturated carbocycles. The van der Waals surface area contributed by atoms with E-state index in [4.69, 9.17) is 0 Å². The summed E-state index contributed by atoms with van der Waals surface area (Å²) in [6.07, 6.45) is 5.57. The summed E-state index contributed by atoms with van der Waals surface area (Å²) >= 11 is 0. The van der Waals surface area contributed by atoms with Crippen LogP contribution in [-0.4, -0.2) is 9.97 Å². The lowest BCUT2D eigenvalue weighted by Crippen LogP contribution is -1.87. The molecule has 2 aromatic carbocycles. The summed E-state index contributed by atoms with van der Waals surface area (Å²) < 4.78 is 0. The summed E-state index contributed by atoms with van der Waals surface area (Å²) in [4.78, 5) is 8.37. The molecule has 0 saturated heterocycles. The highest BCUT2D eigenvalue weighted by atomic mass is 14.6. The molecule has 0 aliphatic heterocycles. The van der Waals surface area contributed by atoms with Crippen LogP contribution in [0.15, 0.2) is 73.2 Å². The van der Waals surface area contributed by atoms with Gasteiger partial charge in [-0.25, -0.2) is 0 Å². The first kappa shape index (κ1) is 18.1. The van der Waals surface area contributed by atoms with Crippen LogP contribution in [0.5, 0.6) is 0 Å². The van der Waals surface area contributed by atoms with E-state index in [1.807, 2.05) is 24.7 Å². The fourth-order valence-electron chi connectivity index (χ4n) is 2.91. The van der Waals surface area contributed by atoms with Crippen LogP contribution in [0.1, 0.15) is 50.7 Å². The molecule has 0 bridgehead atoms. The van der Waals surface area contributed by atoms with Crippen LogP contribution in [0.3, 0.4) is 0 Å². The zero-order valence-electron chi connectivity index (χ0n) is 16.0. The molecule has 0 radical (unpaired) electrons. The predicted octanol–water partition coefficient (Wildman–Crippen LogP) is 6.72. The summed E-state index contributed by atoms with van der Waals surface area (Å²) in [5.41, 5.74) is 3.84. The lowest BCUT2D eigenvalue weighted by molar-refractivity contribution is 0.868. The third-order valence-corrected chi connectivity index (χ3v) is 4.63. The van der Waals surface area contributed by atoms with Crippen molar-refractivity contribution in [1.29, 1.82) is 0 Å². The molecule has 0 spiro atoms. The predicted molar refractivity (Wildman–Crippen MR) is 112 cm³/mol. The van der Waals surface area contributed by atoms with Crippen molar-refractivity contribution < 1.29 is 0 Å². The normalized spacial score (nSPS) is 11.0. The molecule has 2 heteroatoms. The molecule has 132 valence electrons. The second kappa shape index (κ2) is 8.09. The minimum absolute atomic E-state index is 0.588. The quantitative estimate of drug-likeness (QED) is 0.404. The molecule has 2 aromatic heterocycles. The van der Waals surface area contributed by atoms with Gasteiger partial charge in [-0.1, -0.05) is 58.0 Å². The SMILES string of the molecule is CC(C)c1ccc2cnccc2c1.CC(C)c1ccc2ncccc2c1. The summed E-state index contributed by atoms with van der Waals surface area (Å²) in [6.45, 7) is 8.83. The van der Waals surface area contributed by atoms with E-state index < -0.39 is 0 Å². The Labute approximate surface area is 155 Å². The number of fused-ring (bicyclic) bond motifs is 2. The molecule has 4 aromatic rings. The van der Waals surface area contributed by atoms with Gasteiger partial charge in [0.15, 0.2) is 0 Å². The van der Waals surface area contributed by atoms with Gasteiger partial charge in [0.1, 0.15) is 0 Å². The van der Waals surface area contributed by atoms with E-state index in [2.05, 4.69) is 86.2 Å². The van der Waals surface area contributed by atoms with Crippen LogP contribution in [0.2, 0.25) is 0 Å². The Morgan fingerprint density at radius 1 is 0.654 bits per heavy atom. The molecule has 0 unspecified atom stereocenters. The van der Waals surface area contributed by atoms with E-state index in [-0.39, 0.29) is 0 Å². The molecule has 4 rings (SSSR count). The highest BCUT2D eigenvalue weighted by molar-refractivity contribution is 5.82. The largest absolute Gasteiger partial charge is 0.264 e. The van der Waals surface area contributed by atoms with Crippen LogP contribution < -0.4 is 0 Å². The Morgan fingerprint density at radius 2 is 1.35 bits per heavy atom. The molecular weight excluding hydrogens is 316 g/mol. The maximum atomic E-state index is 4.28. The molecular formula is C24H26N2. The lowest BCUT2D eigenvalue weighted by atomic mass is 10.0. The van der Waals surface area contributed by atoms with Crippen molar-refractivity contribution in [3.05, 3.63) is 84.3 Å². The van der Waals surface area contributed by atoms with Gasteiger partial charge in [0.2, 0.25) is 0 Å². The van der Waals surface area contributed by atoms with Crippen molar-refractivity contribution in [2.24, 2.45) is 0 Å². The van der Waals surface area contributed by atoms with Gasteiger partial charge in [0.25, 0.3) is 0 Å². The minimum atomic E-state index is 0.588. The number of pyridine rings is 2. The Balaban J connectivity index is 0.000000151. The standard InChI is InChI=1S/2C12H13N/c1-9(2)10-3-4-12-8-13-6-5-11(12)7-10;1-9(2)10-5-6-12-11(8-10)4-3-7-13-12/h2*3-9H,1-2H3.